The van der Waals surface area contributed by atoms with Crippen LogP contribution in [0.3, 0.4) is 0 Å². The van der Waals surface area contributed by atoms with Crippen LogP contribution < -0.4 is 9.47 Å². The second-order valence-electron chi connectivity index (χ2n) is 8.91. The van der Waals surface area contributed by atoms with Crippen molar-refractivity contribution in [2.24, 2.45) is 0 Å². The van der Waals surface area contributed by atoms with Gasteiger partial charge in [0.15, 0.2) is 11.5 Å². The number of rotatable bonds is 12. The predicted molar refractivity (Wildman–Crippen MR) is 124 cm³/mol. The van der Waals surface area contributed by atoms with Gasteiger partial charge < -0.3 is 29.3 Å². The van der Waals surface area contributed by atoms with Crippen LogP contribution in [-0.4, -0.2) is 93.5 Å². The number of nitrogens with zero attached hydrogens (tertiary/aromatic N) is 3. The fourth-order valence-corrected chi connectivity index (χ4v) is 4.01. The molecule has 1 aromatic rings. The number of aliphatic hydroxyl groups excluding tert-OH is 1. The van der Waals surface area contributed by atoms with Crippen LogP contribution in [-0.2, 0) is 6.54 Å². The fraction of sp³-hybridized carbons (Fsp3) is 0.750. The Morgan fingerprint density at radius 3 is 2.37 bits per heavy atom. The highest BCUT2D eigenvalue weighted by molar-refractivity contribution is 5.43. The lowest BCUT2D eigenvalue weighted by Crippen LogP contribution is -2.37. The molecule has 0 spiro atoms. The smallest absolute Gasteiger partial charge is 0.161 e. The van der Waals surface area contributed by atoms with E-state index in [0.29, 0.717) is 12.3 Å². The van der Waals surface area contributed by atoms with Crippen LogP contribution in [0.1, 0.15) is 44.1 Å². The van der Waals surface area contributed by atoms with Gasteiger partial charge in [0.25, 0.3) is 0 Å². The third-order valence-corrected chi connectivity index (χ3v) is 5.67. The number of likely N-dealkylation sites (tertiary alicyclic amines) is 1. The highest BCUT2D eigenvalue weighted by Crippen LogP contribution is 2.28. The van der Waals surface area contributed by atoms with Gasteiger partial charge in [0.2, 0.25) is 0 Å². The van der Waals surface area contributed by atoms with E-state index >= 15 is 0 Å². The fourth-order valence-electron chi connectivity index (χ4n) is 4.01. The summed E-state index contributed by atoms with van der Waals surface area (Å²) in [4.78, 5) is 6.91. The van der Waals surface area contributed by atoms with E-state index < -0.39 is 6.10 Å². The van der Waals surface area contributed by atoms with E-state index in [0.717, 1.165) is 44.9 Å². The Labute approximate surface area is 183 Å². The Balaban J connectivity index is 1.80. The Morgan fingerprint density at radius 1 is 1.00 bits per heavy atom. The van der Waals surface area contributed by atoms with Crippen molar-refractivity contribution in [1.82, 2.24) is 14.7 Å². The van der Waals surface area contributed by atoms with Gasteiger partial charge in [-0.05, 0) is 84.3 Å². The van der Waals surface area contributed by atoms with Gasteiger partial charge in [0.05, 0.1) is 7.11 Å². The average Bonchev–Trinajstić information content (AvgIpc) is 2.68. The summed E-state index contributed by atoms with van der Waals surface area (Å²) >= 11 is 0. The molecule has 1 unspecified atom stereocenters. The molecule has 0 saturated carbocycles. The molecule has 1 atom stereocenters. The van der Waals surface area contributed by atoms with E-state index in [4.69, 9.17) is 9.47 Å². The van der Waals surface area contributed by atoms with Crippen molar-refractivity contribution in [3.63, 3.8) is 0 Å². The van der Waals surface area contributed by atoms with E-state index in [-0.39, 0.29) is 6.61 Å². The van der Waals surface area contributed by atoms with Crippen LogP contribution >= 0.6 is 0 Å². The van der Waals surface area contributed by atoms with Gasteiger partial charge in [0, 0.05) is 13.1 Å². The Hall–Kier alpha value is -1.34. The van der Waals surface area contributed by atoms with Gasteiger partial charge in [-0.2, -0.15) is 0 Å². The Bertz CT molecular complexity index is 589. The van der Waals surface area contributed by atoms with Crippen LogP contribution in [0.5, 0.6) is 11.5 Å². The minimum atomic E-state index is -0.489. The van der Waals surface area contributed by atoms with Gasteiger partial charge in [-0.3, -0.25) is 0 Å². The van der Waals surface area contributed by atoms with Crippen molar-refractivity contribution >= 4 is 0 Å². The van der Waals surface area contributed by atoms with E-state index in [1.54, 1.807) is 7.11 Å². The van der Waals surface area contributed by atoms with E-state index in [9.17, 15) is 5.11 Å². The summed E-state index contributed by atoms with van der Waals surface area (Å²) in [7, 11) is 8.03. The van der Waals surface area contributed by atoms with Crippen molar-refractivity contribution in [3.05, 3.63) is 23.8 Å². The maximum atomic E-state index is 10.5. The minimum Gasteiger partial charge on any atom is -0.493 e. The van der Waals surface area contributed by atoms with E-state index in [1.165, 1.54) is 37.7 Å². The number of hydrogen-bond acceptors (Lipinski definition) is 6. The van der Waals surface area contributed by atoms with Crippen LogP contribution in [0.15, 0.2) is 18.2 Å². The molecule has 1 heterocycles. The van der Waals surface area contributed by atoms with Gasteiger partial charge in [-0.15, -0.1) is 0 Å². The summed E-state index contributed by atoms with van der Waals surface area (Å²) < 4.78 is 11.5. The predicted octanol–water partition coefficient (Wildman–Crippen LogP) is 3.08. The summed E-state index contributed by atoms with van der Waals surface area (Å²) in [5, 5.41) is 10.5. The molecule has 1 aromatic carbocycles. The highest BCUT2D eigenvalue weighted by Gasteiger charge is 2.15. The first-order valence-corrected chi connectivity index (χ1v) is 11.5. The van der Waals surface area contributed by atoms with Crippen LogP contribution in [0.4, 0.5) is 0 Å². The number of benzene rings is 1. The maximum Gasteiger partial charge on any atom is 0.161 e. The molecule has 0 bridgehead atoms. The first-order chi connectivity index (χ1) is 14.5. The molecule has 1 N–H and O–H groups in total. The zero-order valence-corrected chi connectivity index (χ0v) is 19.6. The van der Waals surface area contributed by atoms with Crippen molar-refractivity contribution in [2.45, 2.75) is 51.2 Å². The topological polar surface area (TPSA) is 48.4 Å². The number of methoxy groups -OCH3 is 1. The van der Waals surface area contributed by atoms with Crippen LogP contribution in [0.2, 0.25) is 0 Å². The van der Waals surface area contributed by atoms with E-state index in [1.807, 2.05) is 12.1 Å². The molecule has 0 aliphatic carbocycles. The Kier molecular flexibility index (Phi) is 11.5. The van der Waals surface area contributed by atoms with Crippen molar-refractivity contribution in [2.75, 3.05) is 67.6 Å². The van der Waals surface area contributed by atoms with Gasteiger partial charge in [0.1, 0.15) is 12.7 Å². The van der Waals surface area contributed by atoms with Gasteiger partial charge >= 0.3 is 0 Å². The lowest BCUT2D eigenvalue weighted by molar-refractivity contribution is 0.0645. The molecule has 6 heteroatoms. The standard InChI is InChI=1S/C24H43N3O3/c1-25(2)13-10-14-26(3)18-21-11-12-23(24(17-21)29-4)30-20-22(28)19-27-15-8-6-5-7-9-16-27/h11-12,17,22,28H,5-10,13-16,18-20H2,1-4H3. The number of β-amino-alcohol motifs (C(OH)–C–C–N with tert-alkyl or cyclic N) is 1. The third kappa shape index (κ3) is 9.65. The van der Waals surface area contributed by atoms with Crippen molar-refractivity contribution in [1.29, 1.82) is 0 Å². The normalized spacial score (nSPS) is 17.0. The summed E-state index contributed by atoms with van der Waals surface area (Å²) in [6.45, 7) is 6.16. The quantitative estimate of drug-likeness (QED) is 0.560. The highest BCUT2D eigenvalue weighted by atomic mass is 16.5. The molecule has 30 heavy (non-hydrogen) atoms. The van der Waals surface area contributed by atoms with Crippen LogP contribution in [0.25, 0.3) is 0 Å². The molecule has 0 aromatic heterocycles. The third-order valence-electron chi connectivity index (χ3n) is 5.67. The lowest BCUT2D eigenvalue weighted by Gasteiger charge is -2.26. The SMILES string of the molecule is COc1cc(CN(C)CCCN(C)C)ccc1OCC(O)CN1CCCCCCC1. The molecule has 1 aliphatic heterocycles. The molecule has 172 valence electrons. The average molecular weight is 422 g/mol. The molecular weight excluding hydrogens is 378 g/mol. The molecule has 1 fully saturated rings. The monoisotopic (exact) mass is 421 g/mol. The van der Waals surface area contributed by atoms with E-state index in [2.05, 4.69) is 41.9 Å². The first kappa shape index (κ1) is 24.9. The number of aliphatic hydroxyl groups is 1. The molecular formula is C24H43N3O3. The van der Waals surface area contributed by atoms with Gasteiger partial charge in [-0.25, -0.2) is 0 Å². The summed E-state index contributed by atoms with van der Waals surface area (Å²) in [6, 6.07) is 6.10. The van der Waals surface area contributed by atoms with Gasteiger partial charge in [-0.1, -0.05) is 25.3 Å². The zero-order valence-electron chi connectivity index (χ0n) is 19.6. The molecule has 0 radical (unpaired) electrons. The minimum absolute atomic E-state index is 0.288. The summed E-state index contributed by atoms with van der Waals surface area (Å²) in [6.07, 6.45) is 7.07. The molecule has 2 rings (SSSR count). The zero-order chi connectivity index (χ0) is 21.8. The number of hydrogen-bond donors (Lipinski definition) is 1. The Morgan fingerprint density at radius 2 is 1.70 bits per heavy atom. The lowest BCUT2D eigenvalue weighted by atomic mass is 10.1. The molecule has 6 nitrogen and oxygen atoms in total. The number of ether oxygens (including phenoxy) is 2. The van der Waals surface area contributed by atoms with Crippen molar-refractivity contribution < 1.29 is 14.6 Å². The second-order valence-corrected chi connectivity index (χ2v) is 8.91. The molecule has 1 aliphatic rings. The largest absolute Gasteiger partial charge is 0.493 e. The summed E-state index contributed by atoms with van der Waals surface area (Å²) in [5.41, 5.74) is 1.20. The molecule has 0 amide bonds. The maximum absolute atomic E-state index is 10.5. The summed E-state index contributed by atoms with van der Waals surface area (Å²) in [5.74, 6) is 1.43. The van der Waals surface area contributed by atoms with Crippen molar-refractivity contribution in [3.8, 4) is 11.5 Å². The van der Waals surface area contributed by atoms with Crippen LogP contribution in [0, 0.1) is 0 Å². The second kappa shape index (κ2) is 13.9. The first-order valence-electron chi connectivity index (χ1n) is 11.5. The molecule has 1 saturated heterocycles.